The Morgan fingerprint density at radius 3 is 1.75 bits per heavy atom. The Kier molecular flexibility index (Phi) is 4.06. The normalized spacial score (nSPS) is 22.9. The quantitative estimate of drug-likeness (QED) is 0.544. The van der Waals surface area contributed by atoms with Crippen LogP contribution in [0.15, 0.2) is 23.2 Å². The number of allylic oxidation sites excluding steroid dienone is 1. The van der Waals surface area contributed by atoms with Gasteiger partial charge < -0.3 is 19.8 Å². The van der Waals surface area contributed by atoms with Crippen molar-refractivity contribution in [2.75, 3.05) is 46.4 Å². The number of aliphatic hydroxyl groups is 1. The number of halogens is 1. The van der Waals surface area contributed by atoms with Crippen LogP contribution in [0.2, 0.25) is 0 Å². The van der Waals surface area contributed by atoms with E-state index < -0.39 is 0 Å². The van der Waals surface area contributed by atoms with Crippen molar-refractivity contribution in [3.8, 4) is 0 Å². The fraction of sp³-hybridized carbons (Fsp3) is 0.538. The van der Waals surface area contributed by atoms with E-state index in [0.717, 1.165) is 46.4 Å². The third kappa shape index (κ3) is 2.53. The number of ketones is 2. The minimum atomic E-state index is 0. The summed E-state index contributed by atoms with van der Waals surface area (Å²) in [7, 11) is 1.00. The van der Waals surface area contributed by atoms with E-state index >= 15 is 0 Å². The van der Waals surface area contributed by atoms with Crippen LogP contribution in [0.3, 0.4) is 0 Å². The lowest BCUT2D eigenvalue weighted by Crippen LogP contribution is -2.29. The second-order valence-electron chi connectivity index (χ2n) is 4.88. The van der Waals surface area contributed by atoms with Crippen molar-refractivity contribution in [2.24, 2.45) is 0 Å². The highest BCUT2D eigenvalue weighted by atomic mass is 35.5. The third-order valence-electron chi connectivity index (χ3n) is 3.49. The highest BCUT2D eigenvalue weighted by molar-refractivity contribution is 6.22. The molecular weight excluding hydrogens is 282 g/mol. The van der Waals surface area contributed by atoms with E-state index in [1.165, 1.54) is 6.08 Å². The van der Waals surface area contributed by atoms with Crippen molar-refractivity contribution in [1.29, 1.82) is 0 Å². The smallest absolute Gasteiger partial charge is 0.227 e. The maximum absolute atomic E-state index is 12.4. The Morgan fingerprint density at radius 2 is 1.30 bits per heavy atom. The van der Waals surface area contributed by atoms with E-state index in [1.807, 2.05) is 14.7 Å². The molecule has 1 N–H and O–H groups in total. The van der Waals surface area contributed by atoms with Crippen LogP contribution in [0.1, 0.15) is 0 Å². The molecule has 4 rings (SSSR count). The summed E-state index contributed by atoms with van der Waals surface area (Å²) in [4.78, 5) is 30.5. The lowest BCUT2D eigenvalue weighted by Gasteiger charge is -2.21. The Bertz CT molecular complexity index is 503. The fourth-order valence-corrected chi connectivity index (χ4v) is 2.28. The van der Waals surface area contributed by atoms with Gasteiger partial charge in [-0.25, -0.2) is 0 Å². The van der Waals surface area contributed by atoms with Crippen molar-refractivity contribution in [2.45, 2.75) is 0 Å². The van der Waals surface area contributed by atoms with Crippen molar-refractivity contribution in [3.05, 3.63) is 23.2 Å². The molecule has 0 aromatic rings. The Balaban J connectivity index is 0.000000471. The highest BCUT2D eigenvalue weighted by Crippen LogP contribution is 2.33. The van der Waals surface area contributed by atoms with E-state index in [4.69, 9.17) is 5.11 Å². The summed E-state index contributed by atoms with van der Waals surface area (Å²) >= 11 is 0. The van der Waals surface area contributed by atoms with E-state index in [0.29, 0.717) is 17.1 Å². The standard InChI is InChI=1S/C12H13N3O2.CH4O.ClH/c16-9-7-8(13-1-2-13)12(17)11(15-5-6-15)10(9)14-3-4-14;1-2;/h7H,1-6H2;2H,1H3;1H. The summed E-state index contributed by atoms with van der Waals surface area (Å²) in [6.07, 6.45) is 1.52. The fourth-order valence-electron chi connectivity index (χ4n) is 2.28. The highest BCUT2D eigenvalue weighted by Gasteiger charge is 2.43. The Morgan fingerprint density at radius 1 is 0.850 bits per heavy atom. The lowest BCUT2D eigenvalue weighted by molar-refractivity contribution is -0.117. The van der Waals surface area contributed by atoms with Crippen molar-refractivity contribution >= 4 is 24.0 Å². The van der Waals surface area contributed by atoms with Gasteiger partial charge in [-0.3, -0.25) is 9.59 Å². The summed E-state index contributed by atoms with van der Waals surface area (Å²) in [6.45, 7) is 5.41. The minimum Gasteiger partial charge on any atom is -0.400 e. The van der Waals surface area contributed by atoms with Crippen LogP contribution in [0.25, 0.3) is 0 Å². The van der Waals surface area contributed by atoms with Crippen molar-refractivity contribution in [3.63, 3.8) is 0 Å². The maximum Gasteiger partial charge on any atom is 0.227 e. The zero-order valence-electron chi connectivity index (χ0n) is 11.3. The largest absolute Gasteiger partial charge is 0.400 e. The second-order valence-corrected chi connectivity index (χ2v) is 4.88. The molecule has 0 aromatic heterocycles. The van der Waals surface area contributed by atoms with Crippen LogP contribution in [-0.4, -0.2) is 77.8 Å². The van der Waals surface area contributed by atoms with E-state index in [9.17, 15) is 9.59 Å². The van der Waals surface area contributed by atoms with Gasteiger partial charge in [-0.05, 0) is 0 Å². The van der Waals surface area contributed by atoms with Gasteiger partial charge in [0.1, 0.15) is 11.4 Å². The lowest BCUT2D eigenvalue weighted by atomic mass is 10.0. The first kappa shape index (κ1) is 14.9. The number of aliphatic hydroxyl groups excluding tert-OH is 1. The number of hydrogen-bond acceptors (Lipinski definition) is 6. The first-order valence-electron chi connectivity index (χ1n) is 6.50. The molecule has 0 saturated carbocycles. The molecule has 0 radical (unpaired) electrons. The van der Waals surface area contributed by atoms with Crippen LogP contribution in [0, 0.1) is 0 Å². The van der Waals surface area contributed by atoms with Gasteiger partial charge in [0.25, 0.3) is 0 Å². The molecule has 0 aromatic carbocycles. The van der Waals surface area contributed by atoms with Gasteiger partial charge in [-0.15, -0.1) is 12.4 Å². The third-order valence-corrected chi connectivity index (χ3v) is 3.49. The number of rotatable bonds is 3. The predicted octanol–water partition coefficient (Wildman–Crippen LogP) is -0.789. The molecule has 0 amide bonds. The van der Waals surface area contributed by atoms with Crippen molar-refractivity contribution < 1.29 is 14.7 Å². The van der Waals surface area contributed by atoms with E-state index in [1.54, 1.807) is 0 Å². The first-order valence-corrected chi connectivity index (χ1v) is 6.50. The first-order chi connectivity index (χ1) is 9.25. The molecule has 0 bridgehead atoms. The number of nitrogens with zero attached hydrogens (tertiary/aromatic N) is 3. The van der Waals surface area contributed by atoms with E-state index in [-0.39, 0.29) is 24.0 Å². The SMILES string of the molecule is CO.Cl.O=C1C=C(N2CC2)C(=O)C(N2CC2)=C1N1CC1. The molecule has 0 spiro atoms. The van der Waals surface area contributed by atoms with Gasteiger partial charge in [0, 0.05) is 52.5 Å². The van der Waals surface area contributed by atoms with Crippen LogP contribution in [0.4, 0.5) is 0 Å². The predicted molar refractivity (Wildman–Crippen MR) is 75.2 cm³/mol. The average Bonchev–Trinajstić information content (AvgIpc) is 3.30. The van der Waals surface area contributed by atoms with Crippen molar-refractivity contribution in [1.82, 2.24) is 14.7 Å². The number of carbonyl (C=O) groups excluding carboxylic acids is 2. The van der Waals surface area contributed by atoms with Crippen LogP contribution in [0.5, 0.6) is 0 Å². The molecule has 0 atom stereocenters. The molecule has 3 heterocycles. The van der Waals surface area contributed by atoms with Gasteiger partial charge >= 0.3 is 0 Å². The minimum absolute atomic E-state index is 0. The summed E-state index contributed by atoms with van der Waals surface area (Å²) < 4.78 is 0. The summed E-state index contributed by atoms with van der Waals surface area (Å²) in [5.41, 5.74) is 1.89. The monoisotopic (exact) mass is 299 g/mol. The second kappa shape index (κ2) is 5.46. The summed E-state index contributed by atoms with van der Waals surface area (Å²) in [6, 6.07) is 0. The molecule has 20 heavy (non-hydrogen) atoms. The molecule has 110 valence electrons. The zero-order valence-corrected chi connectivity index (χ0v) is 12.2. The number of hydrogen-bond donors (Lipinski definition) is 1. The topological polar surface area (TPSA) is 63.4 Å². The average molecular weight is 300 g/mol. The Labute approximate surface area is 123 Å². The van der Waals surface area contributed by atoms with Crippen LogP contribution < -0.4 is 0 Å². The van der Waals surface area contributed by atoms with Crippen LogP contribution >= 0.6 is 12.4 Å². The maximum atomic E-state index is 12.4. The molecule has 0 unspecified atom stereocenters. The van der Waals surface area contributed by atoms with Crippen LogP contribution in [-0.2, 0) is 9.59 Å². The molecule has 3 aliphatic heterocycles. The molecule has 3 saturated heterocycles. The van der Waals surface area contributed by atoms with E-state index in [2.05, 4.69) is 0 Å². The molecule has 3 fully saturated rings. The van der Waals surface area contributed by atoms with Gasteiger partial charge in [0.2, 0.25) is 11.6 Å². The van der Waals surface area contributed by atoms with Gasteiger partial charge in [-0.1, -0.05) is 0 Å². The Hall–Kier alpha value is -1.53. The van der Waals surface area contributed by atoms with Gasteiger partial charge in [0.05, 0.1) is 5.70 Å². The molecule has 4 aliphatic rings. The number of Topliss-reactive ketones (excluding diaryl/α,β-unsaturated/α-hetero) is 1. The number of carbonyl (C=O) groups is 2. The summed E-state index contributed by atoms with van der Waals surface area (Å²) in [5, 5.41) is 7.00. The van der Waals surface area contributed by atoms with Gasteiger partial charge in [0.15, 0.2) is 0 Å². The van der Waals surface area contributed by atoms with Gasteiger partial charge in [-0.2, -0.15) is 0 Å². The molecule has 7 heteroatoms. The molecular formula is C13H18ClN3O3. The molecule has 6 nitrogen and oxygen atoms in total. The zero-order chi connectivity index (χ0) is 13.6. The summed E-state index contributed by atoms with van der Waals surface area (Å²) in [5.74, 6) is 0.0485. The molecule has 1 aliphatic carbocycles.